The molecule has 0 aliphatic heterocycles. The van der Waals surface area contributed by atoms with Crippen molar-refractivity contribution in [1.82, 2.24) is 9.38 Å². The maximum atomic E-state index is 14.7. The van der Waals surface area contributed by atoms with Crippen molar-refractivity contribution in [3.05, 3.63) is 161 Å². The molecule has 0 radical (unpaired) electrons. The van der Waals surface area contributed by atoms with Crippen molar-refractivity contribution in [3.8, 4) is 22.3 Å². The number of benzene rings is 5. The zero-order valence-electron chi connectivity index (χ0n) is 25.7. The number of pyridine rings is 1. The van der Waals surface area contributed by atoms with E-state index >= 15 is 0 Å². The second-order valence-electron chi connectivity index (χ2n) is 12.8. The summed E-state index contributed by atoms with van der Waals surface area (Å²) in [6.45, 7) is 2.28. The van der Waals surface area contributed by atoms with Crippen LogP contribution in [0.2, 0.25) is 0 Å². The minimum Gasteiger partial charge on any atom is -0.268 e. The van der Waals surface area contributed by atoms with Gasteiger partial charge in [-0.3, -0.25) is 9.20 Å². The number of nitrogens with zero attached hydrogens (tertiary/aromatic N) is 2. The third kappa shape index (κ3) is 3.91. The second-order valence-corrected chi connectivity index (χ2v) is 12.8. The van der Waals surface area contributed by atoms with Crippen molar-refractivity contribution in [1.29, 1.82) is 0 Å². The van der Waals surface area contributed by atoms with Crippen molar-refractivity contribution >= 4 is 43.8 Å². The minimum atomic E-state index is -0.145. The highest BCUT2D eigenvalue weighted by molar-refractivity contribution is 6.18. The maximum absolute atomic E-state index is 14.7. The fourth-order valence-electron chi connectivity index (χ4n) is 7.75. The Morgan fingerprint density at radius 1 is 0.739 bits per heavy atom. The third-order valence-electron chi connectivity index (χ3n) is 9.96. The zero-order valence-corrected chi connectivity index (χ0v) is 25.7. The Hall–Kier alpha value is -5.54. The predicted molar refractivity (Wildman–Crippen MR) is 193 cm³/mol. The van der Waals surface area contributed by atoms with Crippen LogP contribution in [0, 0.1) is 0 Å². The van der Waals surface area contributed by atoms with E-state index in [0.717, 1.165) is 79.7 Å². The molecule has 0 spiro atoms. The molecule has 3 nitrogen and oxygen atoms in total. The van der Waals surface area contributed by atoms with Crippen LogP contribution < -0.4 is 5.56 Å². The summed E-state index contributed by atoms with van der Waals surface area (Å²) in [6.07, 6.45) is 18.6. The van der Waals surface area contributed by atoms with Gasteiger partial charge in [-0.15, -0.1) is 0 Å². The first kappa shape index (κ1) is 26.8. The van der Waals surface area contributed by atoms with Crippen molar-refractivity contribution in [2.45, 2.75) is 31.6 Å². The van der Waals surface area contributed by atoms with E-state index in [-0.39, 0.29) is 11.0 Å². The molecule has 7 aromatic rings. The maximum Gasteiger partial charge on any atom is 0.264 e. The molecule has 0 saturated heterocycles. The summed E-state index contributed by atoms with van der Waals surface area (Å²) < 4.78 is 1.87. The number of hydrogen-bond donors (Lipinski definition) is 0. The van der Waals surface area contributed by atoms with Gasteiger partial charge in [0.15, 0.2) is 0 Å². The summed E-state index contributed by atoms with van der Waals surface area (Å²) in [5.41, 5.74) is 10.2. The fourth-order valence-corrected chi connectivity index (χ4v) is 7.75. The number of rotatable bonds is 4. The van der Waals surface area contributed by atoms with Crippen LogP contribution in [0.4, 0.5) is 0 Å². The highest BCUT2D eigenvalue weighted by Crippen LogP contribution is 2.45. The van der Waals surface area contributed by atoms with E-state index in [4.69, 9.17) is 4.98 Å². The molecule has 0 amide bonds. The fraction of sp³-hybridized carbons (Fsp3) is 0.116. The summed E-state index contributed by atoms with van der Waals surface area (Å²) in [5.74, 6) is 0. The SMILES string of the molecule is C[C@]1(c2ccc3c(=O)n4c5cc(-c6ccccc6)c(C6=CCCC=C6)c(-c6ccccc6)c5nc4c4cccc2c34)C=CC=CC1. The number of hydrogen-bond acceptors (Lipinski definition) is 2. The Labute approximate surface area is 267 Å². The van der Waals surface area contributed by atoms with Crippen LogP contribution >= 0.6 is 0 Å². The molecular weight excluding hydrogens is 560 g/mol. The lowest BCUT2D eigenvalue weighted by atomic mass is 9.75. The van der Waals surface area contributed by atoms with E-state index in [0.29, 0.717) is 5.65 Å². The molecule has 0 saturated carbocycles. The van der Waals surface area contributed by atoms with Crippen molar-refractivity contribution in [3.63, 3.8) is 0 Å². The molecule has 220 valence electrons. The molecular formula is C43H32N2O. The van der Waals surface area contributed by atoms with Gasteiger partial charge in [0.25, 0.3) is 5.56 Å². The van der Waals surface area contributed by atoms with E-state index in [1.165, 1.54) is 11.1 Å². The van der Waals surface area contributed by atoms with Gasteiger partial charge in [-0.05, 0) is 70.2 Å². The lowest BCUT2D eigenvalue weighted by Crippen LogP contribution is -2.21. The van der Waals surface area contributed by atoms with Crippen LogP contribution in [0.3, 0.4) is 0 Å². The van der Waals surface area contributed by atoms with Gasteiger partial charge in [-0.25, -0.2) is 4.98 Å². The molecule has 2 aliphatic carbocycles. The molecule has 0 N–H and O–H groups in total. The topological polar surface area (TPSA) is 34.4 Å². The molecule has 3 heteroatoms. The first-order chi connectivity index (χ1) is 22.6. The van der Waals surface area contributed by atoms with Gasteiger partial charge in [0.1, 0.15) is 5.65 Å². The van der Waals surface area contributed by atoms with E-state index < -0.39 is 0 Å². The molecule has 46 heavy (non-hydrogen) atoms. The Morgan fingerprint density at radius 2 is 1.52 bits per heavy atom. The average Bonchev–Trinajstić information content (AvgIpc) is 3.50. The lowest BCUT2D eigenvalue weighted by Gasteiger charge is -2.29. The van der Waals surface area contributed by atoms with Gasteiger partial charge in [-0.1, -0.05) is 134 Å². The Balaban J connectivity index is 1.46. The van der Waals surface area contributed by atoms with Gasteiger partial charge in [0.2, 0.25) is 0 Å². The van der Waals surface area contributed by atoms with E-state index in [9.17, 15) is 4.79 Å². The zero-order chi connectivity index (χ0) is 30.8. The highest BCUT2D eigenvalue weighted by atomic mass is 16.1. The number of aromatic nitrogens is 2. The first-order valence-corrected chi connectivity index (χ1v) is 16.2. The molecule has 0 unspecified atom stereocenters. The number of allylic oxidation sites excluding steroid dienone is 8. The number of imidazole rings is 1. The molecule has 2 heterocycles. The van der Waals surface area contributed by atoms with Gasteiger partial charge in [-0.2, -0.15) is 0 Å². The summed E-state index contributed by atoms with van der Waals surface area (Å²) >= 11 is 0. The summed E-state index contributed by atoms with van der Waals surface area (Å²) in [6, 6.07) is 33.9. The van der Waals surface area contributed by atoms with Crippen LogP contribution in [0.25, 0.3) is 66.1 Å². The molecule has 2 aliphatic rings. The van der Waals surface area contributed by atoms with Crippen LogP contribution in [-0.4, -0.2) is 9.38 Å². The normalized spacial score (nSPS) is 17.9. The minimum absolute atomic E-state index is 0.0282. The summed E-state index contributed by atoms with van der Waals surface area (Å²) in [7, 11) is 0. The first-order valence-electron chi connectivity index (χ1n) is 16.2. The average molecular weight is 593 g/mol. The van der Waals surface area contributed by atoms with Crippen LogP contribution in [0.5, 0.6) is 0 Å². The van der Waals surface area contributed by atoms with E-state index in [1.807, 2.05) is 10.5 Å². The quantitative estimate of drug-likeness (QED) is 0.204. The Kier molecular flexibility index (Phi) is 5.98. The predicted octanol–water partition coefficient (Wildman–Crippen LogP) is 10.4. The lowest BCUT2D eigenvalue weighted by molar-refractivity contribution is 0.605. The smallest absolute Gasteiger partial charge is 0.264 e. The van der Waals surface area contributed by atoms with Crippen LogP contribution in [0.1, 0.15) is 37.3 Å². The Bertz CT molecular complexity index is 2520. The molecule has 0 fully saturated rings. The van der Waals surface area contributed by atoms with Crippen LogP contribution in [0.15, 0.2) is 144 Å². The third-order valence-corrected chi connectivity index (χ3v) is 9.96. The summed E-state index contributed by atoms with van der Waals surface area (Å²) in [4.78, 5) is 20.1. The monoisotopic (exact) mass is 592 g/mol. The largest absolute Gasteiger partial charge is 0.268 e. The highest BCUT2D eigenvalue weighted by Gasteiger charge is 2.29. The van der Waals surface area contributed by atoms with E-state index in [1.54, 1.807) is 0 Å². The second kappa shape index (κ2) is 10.3. The van der Waals surface area contributed by atoms with Gasteiger partial charge >= 0.3 is 0 Å². The van der Waals surface area contributed by atoms with Gasteiger partial charge < -0.3 is 0 Å². The molecule has 0 bridgehead atoms. The van der Waals surface area contributed by atoms with Crippen LogP contribution in [-0.2, 0) is 5.41 Å². The van der Waals surface area contributed by atoms with Gasteiger partial charge in [0, 0.05) is 27.1 Å². The van der Waals surface area contributed by atoms with E-state index in [2.05, 4.69) is 140 Å². The van der Waals surface area contributed by atoms with Crippen molar-refractivity contribution in [2.75, 3.05) is 0 Å². The van der Waals surface area contributed by atoms with Crippen molar-refractivity contribution in [2.24, 2.45) is 0 Å². The Morgan fingerprint density at radius 3 is 2.26 bits per heavy atom. The number of fused-ring (bicyclic) bond motifs is 4. The molecule has 2 aromatic heterocycles. The standard InChI is InChI=1S/C43H32N2O/c1-43(25-12-5-13-26-43)35-24-23-33-39-31(35)21-14-22-32(39)41-44-40-36(45(41)42(33)46)27-34(28-15-6-2-7-16-28)37(29-17-8-3-9-18-29)38(40)30-19-10-4-11-20-30/h2,4-8,10-25,27H,3,9,26H2,1H3/t43-/m0/s1. The molecule has 1 atom stereocenters. The summed E-state index contributed by atoms with van der Waals surface area (Å²) in [5, 5.41) is 3.85. The molecule has 9 rings (SSSR count). The molecule has 5 aromatic carbocycles. The van der Waals surface area contributed by atoms with Crippen molar-refractivity contribution < 1.29 is 0 Å². The van der Waals surface area contributed by atoms with Gasteiger partial charge in [0.05, 0.1) is 11.0 Å².